The number of methoxy groups -OCH3 is 1. The van der Waals surface area contributed by atoms with Gasteiger partial charge in [-0.15, -0.1) is 0 Å². The summed E-state index contributed by atoms with van der Waals surface area (Å²) in [6, 6.07) is 0. The van der Waals surface area contributed by atoms with Gasteiger partial charge < -0.3 is 4.74 Å². The molecule has 2 nitrogen and oxygen atoms in total. The number of halogens is 1. The molecule has 4 heteroatoms. The number of hydrogen-bond donors (Lipinski definition) is 0. The third kappa shape index (κ3) is 7.61. The van der Waals surface area contributed by atoms with E-state index in [0.29, 0.717) is 6.73 Å². The Morgan fingerprint density at radius 1 is 1.64 bits per heavy atom. The van der Waals surface area contributed by atoms with E-state index in [9.17, 15) is 0 Å². The Bertz CT molecular complexity index is 200. The predicted molar refractivity (Wildman–Crippen MR) is 73.5 cm³/mol. The summed E-state index contributed by atoms with van der Waals surface area (Å²) in [7, 11) is 3.45. The molecule has 0 atom stereocenters. The summed E-state index contributed by atoms with van der Waals surface area (Å²) in [6.45, 7) is 9.03. The molecule has 0 radical (unpaired) electrons. The van der Waals surface area contributed by atoms with Crippen LogP contribution in [-0.4, -0.2) is 31.2 Å². The molecule has 0 fully saturated rings. The molecule has 0 bridgehead atoms. The predicted octanol–water partition coefficient (Wildman–Crippen LogP) is 3.23. The van der Waals surface area contributed by atoms with Gasteiger partial charge in [0.1, 0.15) is 0 Å². The minimum atomic E-state index is 0.636. The molecule has 14 heavy (non-hydrogen) atoms. The van der Waals surface area contributed by atoms with Gasteiger partial charge >= 0.3 is 0 Å². The lowest BCUT2D eigenvalue weighted by Crippen LogP contribution is -2.26. The lowest BCUT2D eigenvalue weighted by molar-refractivity contribution is 0.0846. The van der Waals surface area contributed by atoms with Crippen molar-refractivity contribution in [3.63, 3.8) is 0 Å². The van der Waals surface area contributed by atoms with Crippen molar-refractivity contribution in [1.82, 2.24) is 4.90 Å². The van der Waals surface area contributed by atoms with E-state index in [-0.39, 0.29) is 0 Å². The average Bonchev–Trinajstić information content (AvgIpc) is 2.15. The first-order chi connectivity index (χ1) is 6.74. The number of rotatable bonds is 8. The molecule has 0 unspecified atom stereocenters. The normalized spacial score (nSPS) is 11.1. The first-order valence-electron chi connectivity index (χ1n) is 4.16. The van der Waals surface area contributed by atoms with Gasteiger partial charge in [-0.05, 0) is 26.8 Å². The third-order valence-corrected chi connectivity index (χ3v) is 2.74. The second-order valence-corrected chi connectivity index (χ2v) is 5.08. The fraction of sp³-hybridized carbons (Fsp3) is 0.400. The quantitative estimate of drug-likeness (QED) is 0.386. The summed E-state index contributed by atoms with van der Waals surface area (Å²) in [5.41, 5.74) is 1.06. The maximum absolute atomic E-state index is 5.09. The summed E-state index contributed by atoms with van der Waals surface area (Å²) in [6.07, 6.45) is 5.61. The van der Waals surface area contributed by atoms with Gasteiger partial charge in [0.25, 0.3) is 0 Å². The summed E-state index contributed by atoms with van der Waals surface area (Å²) in [5.74, 6) is 0.940. The second-order valence-electron chi connectivity index (χ2n) is 2.74. The first kappa shape index (κ1) is 14.2. The molecule has 0 saturated carbocycles. The largest absolute Gasteiger partial charge is 0.369 e. The zero-order chi connectivity index (χ0) is 10.8. The molecule has 0 aromatic carbocycles. The van der Waals surface area contributed by atoms with Crippen LogP contribution in [0, 0.1) is 0 Å². The Labute approximate surface area is 103 Å². The Morgan fingerprint density at radius 2 is 2.36 bits per heavy atom. The van der Waals surface area contributed by atoms with Gasteiger partial charge in [0.2, 0.25) is 0 Å². The van der Waals surface area contributed by atoms with Gasteiger partial charge in [-0.1, -0.05) is 40.3 Å². The highest BCUT2D eigenvalue weighted by atomic mass is 127. The van der Waals surface area contributed by atoms with Crippen LogP contribution in [0.25, 0.3) is 0 Å². The topological polar surface area (TPSA) is 12.5 Å². The van der Waals surface area contributed by atoms with Crippen LogP contribution in [0.15, 0.2) is 37.0 Å². The first-order valence-corrected chi connectivity index (χ1v) is 7.69. The summed E-state index contributed by atoms with van der Waals surface area (Å²) >= 11 is 2.27. The lowest BCUT2D eigenvalue weighted by atomic mass is 10.2. The molecule has 80 valence electrons. The van der Waals surface area contributed by atoms with E-state index in [4.69, 9.17) is 4.74 Å². The SMILES string of the molecule is C=C/C=C\C(=C)CN(COC)CSI. The maximum Gasteiger partial charge on any atom is 0.0996 e. The van der Waals surface area contributed by atoms with Crippen molar-refractivity contribution in [2.75, 3.05) is 26.3 Å². The van der Waals surface area contributed by atoms with Crippen LogP contribution in [0.5, 0.6) is 0 Å². The van der Waals surface area contributed by atoms with Crippen LogP contribution in [0.3, 0.4) is 0 Å². The van der Waals surface area contributed by atoms with Crippen molar-refractivity contribution in [1.29, 1.82) is 0 Å². The van der Waals surface area contributed by atoms with Crippen molar-refractivity contribution >= 4 is 30.1 Å². The van der Waals surface area contributed by atoms with Crippen LogP contribution >= 0.6 is 30.1 Å². The Kier molecular flexibility index (Phi) is 9.92. The average molecular weight is 325 g/mol. The zero-order valence-electron chi connectivity index (χ0n) is 8.41. The van der Waals surface area contributed by atoms with Gasteiger partial charge in [-0.2, -0.15) is 0 Å². The van der Waals surface area contributed by atoms with Crippen molar-refractivity contribution in [2.24, 2.45) is 0 Å². The van der Waals surface area contributed by atoms with Gasteiger partial charge in [-0.3, -0.25) is 4.90 Å². The van der Waals surface area contributed by atoms with Gasteiger partial charge in [0.15, 0.2) is 0 Å². The number of ether oxygens (including phenoxy) is 1. The summed E-state index contributed by atoms with van der Waals surface area (Å²) in [5, 5.41) is 0. The summed E-state index contributed by atoms with van der Waals surface area (Å²) < 4.78 is 5.09. The van der Waals surface area contributed by atoms with Gasteiger partial charge in [0, 0.05) is 13.7 Å². The smallest absolute Gasteiger partial charge is 0.0996 e. The Morgan fingerprint density at radius 3 is 2.86 bits per heavy atom. The van der Waals surface area contributed by atoms with E-state index in [2.05, 4.69) is 39.3 Å². The molecule has 0 amide bonds. The Balaban J connectivity index is 3.94. The van der Waals surface area contributed by atoms with Crippen molar-refractivity contribution < 1.29 is 4.74 Å². The molecule has 0 aromatic heterocycles. The molecule has 0 aromatic rings. The number of nitrogens with zero attached hydrogens (tertiary/aromatic N) is 1. The van der Waals surface area contributed by atoms with Gasteiger partial charge in [-0.25, -0.2) is 0 Å². The van der Waals surface area contributed by atoms with E-state index in [1.807, 2.05) is 12.2 Å². The second kappa shape index (κ2) is 9.76. The summed E-state index contributed by atoms with van der Waals surface area (Å²) in [4.78, 5) is 2.17. The fourth-order valence-corrected chi connectivity index (χ4v) is 2.41. The van der Waals surface area contributed by atoms with Crippen molar-refractivity contribution in [2.45, 2.75) is 0 Å². The van der Waals surface area contributed by atoms with E-state index >= 15 is 0 Å². The van der Waals surface area contributed by atoms with Crippen LogP contribution in [0.2, 0.25) is 0 Å². The standard InChI is InChI=1S/C10H16INOS/c1-4-5-6-10(2)7-12(8-13-3)9-14-11/h4-6H,1-2,7-9H2,3H3/b6-5-. The Hall–Kier alpha value is 0.220. The minimum Gasteiger partial charge on any atom is -0.369 e. The maximum atomic E-state index is 5.09. The molecule has 0 spiro atoms. The highest BCUT2D eigenvalue weighted by molar-refractivity contribution is 14.2. The molecule has 0 aliphatic carbocycles. The lowest BCUT2D eigenvalue weighted by Gasteiger charge is -2.19. The molecule has 0 N–H and O–H groups in total. The van der Waals surface area contributed by atoms with E-state index < -0.39 is 0 Å². The van der Waals surface area contributed by atoms with Crippen LogP contribution in [-0.2, 0) is 4.74 Å². The monoisotopic (exact) mass is 325 g/mol. The molecular weight excluding hydrogens is 309 g/mol. The molecule has 0 heterocycles. The minimum absolute atomic E-state index is 0.636. The van der Waals surface area contributed by atoms with E-state index in [1.54, 1.807) is 22.1 Å². The highest BCUT2D eigenvalue weighted by Crippen LogP contribution is 2.13. The third-order valence-electron chi connectivity index (χ3n) is 1.44. The van der Waals surface area contributed by atoms with Crippen LogP contribution in [0.1, 0.15) is 0 Å². The van der Waals surface area contributed by atoms with Gasteiger partial charge in [0.05, 0.1) is 12.6 Å². The van der Waals surface area contributed by atoms with Crippen molar-refractivity contribution in [3.05, 3.63) is 37.0 Å². The highest BCUT2D eigenvalue weighted by Gasteiger charge is 2.03. The number of allylic oxidation sites excluding steroid dienone is 2. The van der Waals surface area contributed by atoms with E-state index in [0.717, 1.165) is 18.0 Å². The number of hydrogen-bond acceptors (Lipinski definition) is 3. The molecule has 0 aliphatic rings. The molecule has 0 aliphatic heterocycles. The fourth-order valence-electron chi connectivity index (χ4n) is 0.924. The molecular formula is C10H16INOS. The molecule has 0 saturated heterocycles. The van der Waals surface area contributed by atoms with Crippen LogP contribution in [0.4, 0.5) is 0 Å². The van der Waals surface area contributed by atoms with Crippen molar-refractivity contribution in [3.8, 4) is 0 Å². The molecule has 0 rings (SSSR count). The zero-order valence-corrected chi connectivity index (χ0v) is 11.4. The van der Waals surface area contributed by atoms with Crippen LogP contribution < -0.4 is 0 Å². The van der Waals surface area contributed by atoms with E-state index in [1.165, 1.54) is 0 Å².